The summed E-state index contributed by atoms with van der Waals surface area (Å²) in [7, 11) is 0. The van der Waals surface area contributed by atoms with Gasteiger partial charge in [0.1, 0.15) is 0 Å². The number of fused-ring (bicyclic) bond motifs is 1. The quantitative estimate of drug-likeness (QED) is 0.692. The van der Waals surface area contributed by atoms with Crippen LogP contribution >= 0.6 is 0 Å². The summed E-state index contributed by atoms with van der Waals surface area (Å²) in [6, 6.07) is 1.67. The Morgan fingerprint density at radius 1 is 1.11 bits per heavy atom. The Kier molecular flexibility index (Phi) is 5.50. The third-order valence-corrected chi connectivity index (χ3v) is 4.90. The van der Waals surface area contributed by atoms with E-state index in [1.807, 2.05) is 0 Å². The minimum atomic E-state index is 0.800. The van der Waals surface area contributed by atoms with E-state index in [2.05, 4.69) is 30.6 Å². The number of piperazine rings is 1. The van der Waals surface area contributed by atoms with Gasteiger partial charge in [0.15, 0.2) is 0 Å². The largest absolute Gasteiger partial charge is 0.298 e. The average molecular weight is 252 g/mol. The van der Waals surface area contributed by atoms with Crippen LogP contribution in [0.25, 0.3) is 0 Å². The van der Waals surface area contributed by atoms with Gasteiger partial charge in [0, 0.05) is 25.2 Å². The lowest BCUT2D eigenvalue weighted by atomic mass is 9.92. The fraction of sp³-hybridized carbons (Fsp3) is 1.00. The molecule has 2 aliphatic rings. The van der Waals surface area contributed by atoms with E-state index in [0.29, 0.717) is 0 Å². The Morgan fingerprint density at radius 2 is 1.94 bits per heavy atom. The van der Waals surface area contributed by atoms with Crippen LogP contribution in [0.15, 0.2) is 0 Å². The lowest BCUT2D eigenvalue weighted by Gasteiger charge is -2.50. The number of nitrogens with zero attached hydrogens (tertiary/aromatic N) is 2. The van der Waals surface area contributed by atoms with E-state index in [9.17, 15) is 0 Å². The number of unbranched alkanes of at least 4 members (excludes halogenated alkanes) is 2. The van der Waals surface area contributed by atoms with Crippen molar-refractivity contribution < 1.29 is 0 Å². The van der Waals surface area contributed by atoms with E-state index in [1.165, 1.54) is 64.7 Å². The monoisotopic (exact) mass is 252 g/mol. The molecule has 0 radical (unpaired) electrons. The van der Waals surface area contributed by atoms with Crippen LogP contribution < -0.4 is 0 Å². The number of hydrogen-bond acceptors (Lipinski definition) is 2. The average Bonchev–Trinajstić information content (AvgIpc) is 2.38. The summed E-state index contributed by atoms with van der Waals surface area (Å²) in [5, 5.41) is 0. The van der Waals surface area contributed by atoms with Crippen molar-refractivity contribution in [2.45, 2.75) is 71.4 Å². The smallest absolute Gasteiger partial charge is 0.0246 e. The van der Waals surface area contributed by atoms with Crippen LogP contribution in [-0.4, -0.2) is 48.1 Å². The molecule has 2 heterocycles. The molecule has 0 aromatic heterocycles. The number of piperidine rings is 1. The molecule has 2 saturated heterocycles. The zero-order valence-corrected chi connectivity index (χ0v) is 12.7. The highest BCUT2D eigenvalue weighted by molar-refractivity contribution is 4.91. The Balaban J connectivity index is 1.92. The minimum absolute atomic E-state index is 0.800. The Bertz CT molecular complexity index is 239. The molecule has 0 amide bonds. The van der Waals surface area contributed by atoms with Crippen molar-refractivity contribution in [2.24, 2.45) is 5.92 Å². The fourth-order valence-corrected chi connectivity index (χ4v) is 3.72. The van der Waals surface area contributed by atoms with Gasteiger partial charge < -0.3 is 0 Å². The molecular formula is C16H32N2. The maximum absolute atomic E-state index is 2.81. The second-order valence-electron chi connectivity index (χ2n) is 6.66. The van der Waals surface area contributed by atoms with Crippen molar-refractivity contribution in [3.8, 4) is 0 Å². The van der Waals surface area contributed by atoms with Gasteiger partial charge in [0.25, 0.3) is 0 Å². The van der Waals surface area contributed by atoms with Crippen LogP contribution in [0.5, 0.6) is 0 Å². The molecule has 2 rings (SSSR count). The molecule has 2 nitrogen and oxygen atoms in total. The summed E-state index contributed by atoms with van der Waals surface area (Å²) >= 11 is 0. The summed E-state index contributed by atoms with van der Waals surface area (Å²) < 4.78 is 0. The third-order valence-electron chi connectivity index (χ3n) is 4.90. The maximum atomic E-state index is 2.81. The van der Waals surface area contributed by atoms with E-state index < -0.39 is 0 Å². The molecule has 0 aromatic rings. The van der Waals surface area contributed by atoms with Crippen LogP contribution in [0.3, 0.4) is 0 Å². The molecule has 18 heavy (non-hydrogen) atoms. The van der Waals surface area contributed by atoms with Crippen LogP contribution in [0.4, 0.5) is 0 Å². The highest BCUT2D eigenvalue weighted by Gasteiger charge is 2.35. The normalized spacial score (nSPS) is 30.7. The third kappa shape index (κ3) is 3.48. The van der Waals surface area contributed by atoms with Crippen LogP contribution in [0, 0.1) is 5.92 Å². The second-order valence-corrected chi connectivity index (χ2v) is 6.66. The van der Waals surface area contributed by atoms with Gasteiger partial charge in [-0.1, -0.05) is 40.0 Å². The SMILES string of the molecule is CCCCCN1CC2CCCCN2CC1C(C)C. The predicted molar refractivity (Wildman–Crippen MR) is 78.9 cm³/mol. The van der Waals surface area contributed by atoms with Gasteiger partial charge in [-0.2, -0.15) is 0 Å². The first-order valence-corrected chi connectivity index (χ1v) is 8.20. The molecule has 0 saturated carbocycles. The van der Waals surface area contributed by atoms with Crippen molar-refractivity contribution in [2.75, 3.05) is 26.2 Å². The molecule has 0 aromatic carbocycles. The summed E-state index contributed by atoms with van der Waals surface area (Å²) in [4.78, 5) is 5.59. The van der Waals surface area contributed by atoms with Crippen molar-refractivity contribution in [1.29, 1.82) is 0 Å². The molecule has 2 atom stereocenters. The van der Waals surface area contributed by atoms with Gasteiger partial charge in [-0.25, -0.2) is 0 Å². The summed E-state index contributed by atoms with van der Waals surface area (Å²) in [5.41, 5.74) is 0. The van der Waals surface area contributed by atoms with Gasteiger partial charge in [0.2, 0.25) is 0 Å². The zero-order valence-electron chi connectivity index (χ0n) is 12.7. The summed E-state index contributed by atoms with van der Waals surface area (Å²) in [6.45, 7) is 12.5. The second kappa shape index (κ2) is 6.91. The van der Waals surface area contributed by atoms with E-state index in [0.717, 1.165) is 18.0 Å². The molecule has 106 valence electrons. The summed E-state index contributed by atoms with van der Waals surface area (Å²) in [6.07, 6.45) is 8.46. The van der Waals surface area contributed by atoms with E-state index in [-0.39, 0.29) is 0 Å². The zero-order chi connectivity index (χ0) is 13.0. The molecule has 2 fully saturated rings. The van der Waals surface area contributed by atoms with Gasteiger partial charge in [-0.05, 0) is 38.3 Å². The molecule has 0 bridgehead atoms. The first kappa shape index (κ1) is 14.3. The maximum Gasteiger partial charge on any atom is 0.0246 e. The lowest BCUT2D eigenvalue weighted by Crippen LogP contribution is -2.61. The standard InChI is InChI=1S/C16H32N2/c1-4-5-7-11-18-12-15-9-6-8-10-17(15)13-16(18)14(2)3/h14-16H,4-13H2,1-3H3. The highest BCUT2D eigenvalue weighted by atomic mass is 15.3. The van der Waals surface area contributed by atoms with E-state index >= 15 is 0 Å². The Labute approximate surface area is 114 Å². The van der Waals surface area contributed by atoms with Crippen molar-refractivity contribution >= 4 is 0 Å². The number of hydrogen-bond donors (Lipinski definition) is 0. The van der Waals surface area contributed by atoms with Gasteiger partial charge >= 0.3 is 0 Å². The van der Waals surface area contributed by atoms with Crippen molar-refractivity contribution in [1.82, 2.24) is 9.80 Å². The molecule has 2 heteroatoms. The molecule has 0 aliphatic carbocycles. The minimum Gasteiger partial charge on any atom is -0.298 e. The van der Waals surface area contributed by atoms with Gasteiger partial charge in [-0.3, -0.25) is 9.80 Å². The fourth-order valence-electron chi connectivity index (χ4n) is 3.72. The topological polar surface area (TPSA) is 6.48 Å². The van der Waals surface area contributed by atoms with E-state index in [1.54, 1.807) is 0 Å². The molecular weight excluding hydrogens is 220 g/mol. The van der Waals surface area contributed by atoms with E-state index in [4.69, 9.17) is 0 Å². The number of rotatable bonds is 5. The van der Waals surface area contributed by atoms with Crippen molar-refractivity contribution in [3.63, 3.8) is 0 Å². The molecule has 0 spiro atoms. The molecule has 2 unspecified atom stereocenters. The van der Waals surface area contributed by atoms with Crippen molar-refractivity contribution in [3.05, 3.63) is 0 Å². The van der Waals surface area contributed by atoms with Crippen LogP contribution in [0.1, 0.15) is 59.3 Å². The van der Waals surface area contributed by atoms with Crippen LogP contribution in [0.2, 0.25) is 0 Å². The summed E-state index contributed by atoms with van der Waals surface area (Å²) in [5.74, 6) is 0.800. The molecule has 2 aliphatic heterocycles. The van der Waals surface area contributed by atoms with Gasteiger partial charge in [0.05, 0.1) is 0 Å². The lowest BCUT2D eigenvalue weighted by molar-refractivity contribution is -0.00802. The van der Waals surface area contributed by atoms with Gasteiger partial charge in [-0.15, -0.1) is 0 Å². The first-order chi connectivity index (χ1) is 8.72. The molecule has 0 N–H and O–H groups in total. The van der Waals surface area contributed by atoms with Crippen LogP contribution in [-0.2, 0) is 0 Å². The first-order valence-electron chi connectivity index (χ1n) is 8.20. The Hall–Kier alpha value is -0.0800. The predicted octanol–water partition coefficient (Wildman–Crippen LogP) is 3.37. The Morgan fingerprint density at radius 3 is 2.67 bits per heavy atom. The highest BCUT2D eigenvalue weighted by Crippen LogP contribution is 2.27.